The maximum atomic E-state index is 9.88. The van der Waals surface area contributed by atoms with Crippen molar-refractivity contribution in [2.24, 2.45) is 5.10 Å². The number of benzene rings is 1. The van der Waals surface area contributed by atoms with Gasteiger partial charge in [0.1, 0.15) is 5.75 Å². The number of para-hydroxylation sites is 1. The molecule has 100 valence electrons. The smallest absolute Gasteiger partial charge is 0.332 e. The lowest BCUT2D eigenvalue weighted by molar-refractivity contribution is 0.103. The van der Waals surface area contributed by atoms with Crippen molar-refractivity contribution in [3.8, 4) is 5.75 Å². The molecular formula is C14H15ClN2O2. The summed E-state index contributed by atoms with van der Waals surface area (Å²) in [6.07, 6.45) is 5.18. The van der Waals surface area contributed by atoms with E-state index in [0.717, 1.165) is 16.9 Å². The van der Waals surface area contributed by atoms with E-state index in [1.807, 2.05) is 25.1 Å². The van der Waals surface area contributed by atoms with E-state index in [1.54, 1.807) is 0 Å². The van der Waals surface area contributed by atoms with Crippen LogP contribution in [0.2, 0.25) is 0 Å². The quantitative estimate of drug-likeness (QED) is 0.659. The Morgan fingerprint density at radius 3 is 2.95 bits per heavy atom. The summed E-state index contributed by atoms with van der Waals surface area (Å²) in [5.41, 5.74) is 4.74. The summed E-state index contributed by atoms with van der Waals surface area (Å²) in [6.45, 7) is 1.97. The van der Waals surface area contributed by atoms with Gasteiger partial charge in [0, 0.05) is 6.08 Å². The number of nitrogens with one attached hydrogen (secondary N) is 1. The van der Waals surface area contributed by atoms with Crippen LogP contribution in [0.15, 0.2) is 35.1 Å². The molecule has 1 fully saturated rings. The molecule has 1 aliphatic carbocycles. The number of hydrazone groups is 1. The molecule has 1 atom stereocenters. The summed E-state index contributed by atoms with van der Waals surface area (Å²) in [5, 5.41) is 12.2. The molecule has 4 nitrogen and oxygen atoms in total. The molecule has 0 spiro atoms. The molecule has 0 saturated heterocycles. The molecule has 2 aliphatic rings. The highest BCUT2D eigenvalue weighted by atomic mass is 35.5. The van der Waals surface area contributed by atoms with Gasteiger partial charge in [-0.05, 0) is 48.4 Å². The van der Waals surface area contributed by atoms with Crippen LogP contribution in [0.5, 0.6) is 5.75 Å². The minimum atomic E-state index is -1.52. The maximum Gasteiger partial charge on any atom is 0.332 e. The number of rotatable bonds is 3. The van der Waals surface area contributed by atoms with E-state index in [9.17, 15) is 5.11 Å². The summed E-state index contributed by atoms with van der Waals surface area (Å²) < 4.78 is 5.84. The van der Waals surface area contributed by atoms with Gasteiger partial charge in [-0.3, -0.25) is 0 Å². The van der Waals surface area contributed by atoms with Crippen LogP contribution in [-0.4, -0.2) is 16.5 Å². The zero-order chi connectivity index (χ0) is 13.5. The van der Waals surface area contributed by atoms with Crippen molar-refractivity contribution in [1.82, 2.24) is 5.43 Å². The molecule has 1 aromatic rings. The fourth-order valence-electron chi connectivity index (χ4n) is 2.14. The van der Waals surface area contributed by atoms with Gasteiger partial charge in [0.15, 0.2) is 5.76 Å². The summed E-state index contributed by atoms with van der Waals surface area (Å²) in [7, 11) is 0. The first-order valence-corrected chi connectivity index (χ1v) is 6.65. The molecular weight excluding hydrogens is 264 g/mol. The standard InChI is InChI=1S/C14H15ClN2O2/c1-9-3-2-4-11(10-5-6-10)13(9)19-14(15)12(18)7-8-16-17-14/h2-4,7-8,10,17-18H,5-6H2,1H3. The van der Waals surface area contributed by atoms with Crippen LogP contribution in [0.3, 0.4) is 0 Å². The van der Waals surface area contributed by atoms with E-state index in [1.165, 1.54) is 25.1 Å². The van der Waals surface area contributed by atoms with Gasteiger partial charge >= 0.3 is 5.18 Å². The molecule has 1 aliphatic heterocycles. The van der Waals surface area contributed by atoms with Gasteiger partial charge in [-0.1, -0.05) is 18.2 Å². The lowest BCUT2D eigenvalue weighted by Gasteiger charge is -2.30. The van der Waals surface area contributed by atoms with Crippen molar-refractivity contribution in [2.75, 3.05) is 0 Å². The first-order chi connectivity index (χ1) is 9.10. The predicted octanol–water partition coefficient (Wildman–Crippen LogP) is 3.17. The SMILES string of the molecule is Cc1cccc(C2CC2)c1OC1(Cl)NN=CC=C1O. The second-order valence-corrected chi connectivity index (χ2v) is 5.44. The Balaban J connectivity index is 1.95. The third-order valence-electron chi connectivity index (χ3n) is 3.35. The molecule has 1 heterocycles. The van der Waals surface area contributed by atoms with Crippen LogP contribution in [0.25, 0.3) is 0 Å². The Labute approximate surface area is 116 Å². The normalized spacial score (nSPS) is 25.7. The summed E-state index contributed by atoms with van der Waals surface area (Å²) >= 11 is 6.26. The van der Waals surface area contributed by atoms with Gasteiger partial charge in [0.05, 0.1) is 6.21 Å². The molecule has 1 unspecified atom stereocenters. The van der Waals surface area contributed by atoms with Crippen LogP contribution in [0.4, 0.5) is 0 Å². The summed E-state index contributed by atoms with van der Waals surface area (Å²) in [6, 6.07) is 6.03. The number of hydrogen-bond acceptors (Lipinski definition) is 4. The van der Waals surface area contributed by atoms with E-state index in [-0.39, 0.29) is 5.76 Å². The van der Waals surface area contributed by atoms with Crippen molar-refractivity contribution >= 4 is 17.8 Å². The molecule has 1 saturated carbocycles. The highest BCUT2D eigenvalue weighted by Gasteiger charge is 2.38. The van der Waals surface area contributed by atoms with E-state index in [2.05, 4.69) is 10.5 Å². The number of nitrogens with zero attached hydrogens (tertiary/aromatic N) is 1. The topological polar surface area (TPSA) is 53.8 Å². The van der Waals surface area contributed by atoms with Crippen LogP contribution >= 0.6 is 11.6 Å². The van der Waals surface area contributed by atoms with Gasteiger partial charge in [0.25, 0.3) is 0 Å². The number of halogens is 1. The van der Waals surface area contributed by atoms with Crippen molar-refractivity contribution in [1.29, 1.82) is 0 Å². The molecule has 1 aromatic carbocycles. The molecule has 2 N–H and O–H groups in total. The molecule has 5 heteroatoms. The van der Waals surface area contributed by atoms with Crippen molar-refractivity contribution in [3.05, 3.63) is 41.2 Å². The Morgan fingerprint density at radius 2 is 2.26 bits per heavy atom. The van der Waals surface area contributed by atoms with Gasteiger partial charge in [-0.2, -0.15) is 5.10 Å². The highest BCUT2D eigenvalue weighted by molar-refractivity contribution is 6.24. The Hall–Kier alpha value is -1.68. The molecule has 19 heavy (non-hydrogen) atoms. The number of ether oxygens (including phenoxy) is 1. The lowest BCUT2D eigenvalue weighted by atomic mass is 10.1. The number of alkyl halides is 1. The van der Waals surface area contributed by atoms with Crippen LogP contribution < -0.4 is 10.2 Å². The van der Waals surface area contributed by atoms with Crippen molar-refractivity contribution < 1.29 is 9.84 Å². The highest BCUT2D eigenvalue weighted by Crippen LogP contribution is 2.46. The molecule has 0 amide bonds. The molecule has 0 bridgehead atoms. The number of aliphatic hydroxyl groups is 1. The Bertz CT molecular complexity index is 567. The minimum Gasteiger partial charge on any atom is -0.505 e. The average molecular weight is 279 g/mol. The Morgan fingerprint density at radius 1 is 1.47 bits per heavy atom. The van der Waals surface area contributed by atoms with E-state index < -0.39 is 5.18 Å². The zero-order valence-electron chi connectivity index (χ0n) is 10.6. The monoisotopic (exact) mass is 278 g/mol. The van der Waals surface area contributed by atoms with E-state index >= 15 is 0 Å². The largest absolute Gasteiger partial charge is 0.505 e. The first-order valence-electron chi connectivity index (χ1n) is 6.27. The summed E-state index contributed by atoms with van der Waals surface area (Å²) in [5.74, 6) is 1.16. The van der Waals surface area contributed by atoms with Crippen molar-refractivity contribution in [2.45, 2.75) is 30.9 Å². The second kappa shape index (κ2) is 4.46. The third kappa shape index (κ3) is 2.28. The first kappa shape index (κ1) is 12.4. The van der Waals surface area contributed by atoms with Gasteiger partial charge < -0.3 is 9.84 Å². The fraction of sp³-hybridized carbons (Fsp3) is 0.357. The maximum absolute atomic E-state index is 9.88. The van der Waals surface area contributed by atoms with Crippen molar-refractivity contribution in [3.63, 3.8) is 0 Å². The van der Waals surface area contributed by atoms with E-state index in [4.69, 9.17) is 16.3 Å². The van der Waals surface area contributed by atoms with Gasteiger partial charge in [-0.15, -0.1) is 0 Å². The number of hydrogen-bond donors (Lipinski definition) is 2. The van der Waals surface area contributed by atoms with E-state index in [0.29, 0.717) is 5.92 Å². The molecule has 3 rings (SSSR count). The average Bonchev–Trinajstić information content (AvgIpc) is 3.20. The predicted molar refractivity (Wildman–Crippen MR) is 74.7 cm³/mol. The van der Waals surface area contributed by atoms with Crippen LogP contribution in [0.1, 0.15) is 29.9 Å². The Kier molecular flexibility index (Phi) is 2.90. The van der Waals surface area contributed by atoms with Crippen LogP contribution in [0, 0.1) is 6.92 Å². The summed E-state index contributed by atoms with van der Waals surface area (Å²) in [4.78, 5) is 0. The molecule has 0 aromatic heterocycles. The second-order valence-electron chi connectivity index (χ2n) is 4.91. The number of aryl methyl sites for hydroxylation is 1. The number of aliphatic hydroxyl groups excluding tert-OH is 1. The number of allylic oxidation sites excluding steroid dienone is 1. The molecule has 0 radical (unpaired) electrons. The zero-order valence-corrected chi connectivity index (χ0v) is 11.3. The fourth-order valence-corrected chi connectivity index (χ4v) is 2.33. The lowest BCUT2D eigenvalue weighted by Crippen LogP contribution is -2.46. The van der Waals surface area contributed by atoms with Gasteiger partial charge in [0.2, 0.25) is 0 Å². The third-order valence-corrected chi connectivity index (χ3v) is 3.70. The van der Waals surface area contributed by atoms with Gasteiger partial charge in [-0.25, -0.2) is 5.43 Å². The minimum absolute atomic E-state index is 0.103. The van der Waals surface area contributed by atoms with Crippen LogP contribution in [-0.2, 0) is 0 Å².